The zero-order valence-electron chi connectivity index (χ0n) is 16.9. The Hall–Kier alpha value is -2.60. The summed E-state index contributed by atoms with van der Waals surface area (Å²) in [6, 6.07) is 15.2. The molecule has 0 spiro atoms. The number of nitrogens with zero attached hydrogens (tertiary/aromatic N) is 1. The van der Waals surface area contributed by atoms with Gasteiger partial charge in [-0.05, 0) is 47.7 Å². The monoisotopic (exact) mass is 413 g/mol. The topological polar surface area (TPSA) is 63.7 Å². The van der Waals surface area contributed by atoms with E-state index in [0.717, 1.165) is 23.3 Å². The highest BCUT2D eigenvalue weighted by Gasteiger charge is 2.34. The van der Waals surface area contributed by atoms with Crippen LogP contribution < -0.4 is 4.74 Å². The van der Waals surface area contributed by atoms with Gasteiger partial charge in [0.05, 0.1) is 18.6 Å². The predicted octanol–water partition coefficient (Wildman–Crippen LogP) is 3.49. The van der Waals surface area contributed by atoms with Gasteiger partial charge in [0.25, 0.3) is 0 Å². The Kier molecular flexibility index (Phi) is 6.75. The molecule has 1 amide bonds. The van der Waals surface area contributed by atoms with Crippen molar-refractivity contribution in [2.24, 2.45) is 0 Å². The van der Waals surface area contributed by atoms with Crippen molar-refractivity contribution in [2.45, 2.75) is 32.4 Å². The molecule has 0 saturated carbocycles. The van der Waals surface area contributed by atoms with E-state index in [1.165, 1.54) is 11.6 Å². The average molecular weight is 414 g/mol. The number of hydrogen-bond acceptors (Lipinski definition) is 4. The van der Waals surface area contributed by atoms with Gasteiger partial charge in [-0.25, -0.2) is 8.42 Å². The summed E-state index contributed by atoms with van der Waals surface area (Å²) in [7, 11) is -1.48. The molecule has 1 aliphatic rings. The highest BCUT2D eigenvalue weighted by atomic mass is 32.2. The summed E-state index contributed by atoms with van der Waals surface area (Å²) in [6.45, 7) is 2.49. The molecule has 1 heterocycles. The number of carbonyl (C=O) groups is 1. The van der Waals surface area contributed by atoms with Crippen molar-refractivity contribution in [3.05, 3.63) is 71.3 Å². The van der Waals surface area contributed by atoms with E-state index in [1.54, 1.807) is 18.1 Å². The fourth-order valence-electron chi connectivity index (χ4n) is 3.46. The molecule has 1 fully saturated rings. The van der Waals surface area contributed by atoms with Gasteiger partial charge in [-0.15, -0.1) is 0 Å². The number of benzene rings is 2. The molecular weight excluding hydrogens is 386 g/mol. The van der Waals surface area contributed by atoms with E-state index in [4.69, 9.17) is 4.74 Å². The maximum Gasteiger partial charge on any atom is 0.247 e. The summed E-state index contributed by atoms with van der Waals surface area (Å²) in [4.78, 5) is 14.7. The molecule has 1 aliphatic heterocycles. The predicted molar refractivity (Wildman–Crippen MR) is 115 cm³/mol. The Labute approximate surface area is 172 Å². The highest BCUT2D eigenvalue weighted by molar-refractivity contribution is 7.91. The summed E-state index contributed by atoms with van der Waals surface area (Å²) in [5.74, 6) is 0.741. The first-order valence-electron chi connectivity index (χ1n) is 9.81. The molecule has 0 bridgehead atoms. The van der Waals surface area contributed by atoms with Crippen molar-refractivity contribution in [1.29, 1.82) is 0 Å². The Morgan fingerprint density at radius 2 is 1.76 bits per heavy atom. The highest BCUT2D eigenvalue weighted by Crippen LogP contribution is 2.21. The van der Waals surface area contributed by atoms with Crippen LogP contribution in [-0.2, 0) is 27.6 Å². The van der Waals surface area contributed by atoms with Crippen molar-refractivity contribution >= 4 is 21.8 Å². The summed E-state index contributed by atoms with van der Waals surface area (Å²) in [5.41, 5.74) is 3.11. The van der Waals surface area contributed by atoms with E-state index < -0.39 is 9.84 Å². The molecule has 1 unspecified atom stereocenters. The van der Waals surface area contributed by atoms with Crippen molar-refractivity contribution in [1.82, 2.24) is 4.90 Å². The lowest BCUT2D eigenvalue weighted by Gasteiger charge is -2.27. The fourth-order valence-corrected chi connectivity index (χ4v) is 5.19. The van der Waals surface area contributed by atoms with Crippen LogP contribution in [0.25, 0.3) is 6.08 Å². The molecule has 0 N–H and O–H groups in total. The molecule has 0 aromatic heterocycles. The average Bonchev–Trinajstić information content (AvgIpc) is 3.10. The number of rotatable bonds is 7. The van der Waals surface area contributed by atoms with Crippen LogP contribution in [0.1, 0.15) is 30.0 Å². The zero-order chi connectivity index (χ0) is 20.9. The molecule has 3 rings (SSSR count). The first kappa shape index (κ1) is 21.1. The third-order valence-electron chi connectivity index (χ3n) is 5.25. The first-order valence-corrected chi connectivity index (χ1v) is 11.6. The standard InChI is InChI=1S/C23H27NO4S/c1-3-18-4-6-20(7-5-18)16-24(21-14-15-29(26,27)17-21)23(25)13-10-19-8-11-22(28-2)12-9-19/h4-13,21H,3,14-17H2,1-2H3. The number of aryl methyl sites for hydroxylation is 1. The molecule has 5 nitrogen and oxygen atoms in total. The SMILES string of the molecule is CCc1ccc(CN(C(=O)C=Cc2ccc(OC)cc2)C2CCS(=O)(=O)C2)cc1. The summed E-state index contributed by atoms with van der Waals surface area (Å²) < 4.78 is 29.1. The maximum atomic E-state index is 13.0. The van der Waals surface area contributed by atoms with Crippen LogP contribution in [0.3, 0.4) is 0 Å². The Balaban J connectivity index is 1.78. The number of ether oxygens (including phenoxy) is 1. The van der Waals surface area contributed by atoms with Gasteiger partial charge in [0.2, 0.25) is 5.91 Å². The van der Waals surface area contributed by atoms with Crippen LogP contribution in [-0.4, -0.2) is 43.9 Å². The molecule has 6 heteroatoms. The summed E-state index contributed by atoms with van der Waals surface area (Å²) in [5, 5.41) is 0. The van der Waals surface area contributed by atoms with Crippen molar-refractivity contribution in [3.8, 4) is 5.75 Å². The lowest BCUT2D eigenvalue weighted by atomic mass is 10.1. The normalized spacial score (nSPS) is 18.1. The van der Waals surface area contributed by atoms with Crippen LogP contribution in [0.5, 0.6) is 5.75 Å². The van der Waals surface area contributed by atoms with Gasteiger partial charge in [0.1, 0.15) is 5.75 Å². The maximum absolute atomic E-state index is 13.0. The van der Waals surface area contributed by atoms with Gasteiger partial charge in [-0.3, -0.25) is 4.79 Å². The van der Waals surface area contributed by atoms with Crippen molar-refractivity contribution in [3.63, 3.8) is 0 Å². The Morgan fingerprint density at radius 3 is 2.31 bits per heavy atom. The third kappa shape index (κ3) is 5.70. The number of hydrogen-bond donors (Lipinski definition) is 0. The third-order valence-corrected chi connectivity index (χ3v) is 7.00. The lowest BCUT2D eigenvalue weighted by molar-refractivity contribution is -0.128. The molecular formula is C23H27NO4S. The Bertz CT molecular complexity index is 963. The Morgan fingerprint density at radius 1 is 1.10 bits per heavy atom. The van der Waals surface area contributed by atoms with Gasteiger partial charge in [-0.1, -0.05) is 43.3 Å². The molecule has 2 aromatic rings. The largest absolute Gasteiger partial charge is 0.497 e. The number of carbonyl (C=O) groups excluding carboxylic acids is 1. The molecule has 154 valence electrons. The number of methoxy groups -OCH3 is 1. The van der Waals surface area contributed by atoms with Gasteiger partial charge in [0.15, 0.2) is 9.84 Å². The second kappa shape index (κ2) is 9.27. The first-order chi connectivity index (χ1) is 13.9. The van der Waals surface area contributed by atoms with Crippen molar-refractivity contribution in [2.75, 3.05) is 18.6 Å². The van der Waals surface area contributed by atoms with E-state index in [0.29, 0.717) is 13.0 Å². The smallest absolute Gasteiger partial charge is 0.247 e. The van der Waals surface area contributed by atoms with Gasteiger partial charge >= 0.3 is 0 Å². The zero-order valence-corrected chi connectivity index (χ0v) is 17.7. The second-order valence-electron chi connectivity index (χ2n) is 7.30. The molecule has 1 atom stereocenters. The van der Waals surface area contributed by atoms with Gasteiger partial charge in [-0.2, -0.15) is 0 Å². The van der Waals surface area contributed by atoms with Crippen LogP contribution >= 0.6 is 0 Å². The van der Waals surface area contributed by atoms with Crippen LogP contribution in [0.2, 0.25) is 0 Å². The quantitative estimate of drug-likeness (QED) is 0.652. The molecule has 1 saturated heterocycles. The van der Waals surface area contributed by atoms with E-state index in [2.05, 4.69) is 19.1 Å². The summed E-state index contributed by atoms with van der Waals surface area (Å²) in [6.07, 6.45) is 4.71. The van der Waals surface area contributed by atoms with E-state index in [1.807, 2.05) is 36.4 Å². The van der Waals surface area contributed by atoms with Crippen LogP contribution in [0.4, 0.5) is 0 Å². The number of amides is 1. The summed E-state index contributed by atoms with van der Waals surface area (Å²) >= 11 is 0. The van der Waals surface area contributed by atoms with Gasteiger partial charge in [0, 0.05) is 18.7 Å². The minimum atomic E-state index is -3.08. The minimum Gasteiger partial charge on any atom is -0.497 e. The van der Waals surface area contributed by atoms with Crippen molar-refractivity contribution < 1.29 is 17.9 Å². The van der Waals surface area contributed by atoms with E-state index in [-0.39, 0.29) is 23.5 Å². The number of sulfone groups is 1. The van der Waals surface area contributed by atoms with Crippen LogP contribution in [0.15, 0.2) is 54.6 Å². The second-order valence-corrected chi connectivity index (χ2v) is 9.53. The fraction of sp³-hybridized carbons (Fsp3) is 0.348. The van der Waals surface area contributed by atoms with Crippen LogP contribution in [0, 0.1) is 0 Å². The van der Waals surface area contributed by atoms with E-state index >= 15 is 0 Å². The molecule has 29 heavy (non-hydrogen) atoms. The van der Waals surface area contributed by atoms with E-state index in [9.17, 15) is 13.2 Å². The van der Waals surface area contributed by atoms with Gasteiger partial charge < -0.3 is 9.64 Å². The minimum absolute atomic E-state index is 0.0299. The lowest BCUT2D eigenvalue weighted by Crippen LogP contribution is -2.39. The molecule has 2 aromatic carbocycles. The molecule has 0 aliphatic carbocycles. The molecule has 0 radical (unpaired) electrons.